The first-order valence-corrected chi connectivity index (χ1v) is 9.47. The highest BCUT2D eigenvalue weighted by Crippen LogP contribution is 2.22. The highest BCUT2D eigenvalue weighted by molar-refractivity contribution is 5.87. The molecule has 0 saturated heterocycles. The van der Waals surface area contributed by atoms with Crippen LogP contribution in [0.2, 0.25) is 0 Å². The molecule has 4 nitrogen and oxygen atoms in total. The average molecular weight is 359 g/mol. The Bertz CT molecular complexity index is 1220. The van der Waals surface area contributed by atoms with Crippen LogP contribution in [0.1, 0.15) is 40.6 Å². The van der Waals surface area contributed by atoms with Crippen LogP contribution in [0, 0.1) is 27.7 Å². The van der Waals surface area contributed by atoms with Gasteiger partial charge in [0.05, 0.1) is 12.1 Å². The standard InChI is InChI=1S/C23H25N3O/c1-6-22-24-25(13-19-16(4)9-15(3)10-17(19)5)23(27)21-12-18-11-14(2)7-8-20(18)26(21)22/h7-12H,6,13H2,1-5H3. The zero-order valence-corrected chi connectivity index (χ0v) is 16.6. The molecule has 0 saturated carbocycles. The van der Waals surface area contributed by atoms with E-state index in [0.717, 1.165) is 23.1 Å². The average Bonchev–Trinajstić information content (AvgIpc) is 2.98. The molecule has 2 aromatic carbocycles. The topological polar surface area (TPSA) is 39.3 Å². The second-order valence-electron chi connectivity index (χ2n) is 7.54. The first kappa shape index (κ1) is 17.5. The van der Waals surface area contributed by atoms with Crippen LogP contribution in [-0.4, -0.2) is 14.2 Å². The first-order valence-electron chi connectivity index (χ1n) is 9.47. The van der Waals surface area contributed by atoms with Crippen LogP contribution >= 0.6 is 0 Å². The lowest BCUT2D eigenvalue weighted by Gasteiger charge is -2.14. The first-order chi connectivity index (χ1) is 12.9. The van der Waals surface area contributed by atoms with Crippen LogP contribution in [0.4, 0.5) is 0 Å². The van der Waals surface area contributed by atoms with Gasteiger partial charge in [0.2, 0.25) is 0 Å². The lowest BCUT2D eigenvalue weighted by atomic mass is 10.00. The van der Waals surface area contributed by atoms with Crippen molar-refractivity contribution in [3.05, 3.63) is 80.4 Å². The third kappa shape index (κ3) is 2.85. The van der Waals surface area contributed by atoms with E-state index in [1.165, 1.54) is 27.8 Å². The van der Waals surface area contributed by atoms with Crippen LogP contribution in [0.15, 0.2) is 41.2 Å². The Morgan fingerprint density at radius 3 is 2.26 bits per heavy atom. The smallest absolute Gasteiger partial charge is 0.291 e. The summed E-state index contributed by atoms with van der Waals surface area (Å²) >= 11 is 0. The molecule has 138 valence electrons. The molecule has 27 heavy (non-hydrogen) atoms. The highest BCUT2D eigenvalue weighted by atomic mass is 16.1. The molecule has 0 spiro atoms. The maximum atomic E-state index is 13.2. The zero-order valence-electron chi connectivity index (χ0n) is 16.6. The summed E-state index contributed by atoms with van der Waals surface area (Å²) in [6.07, 6.45) is 0.764. The van der Waals surface area contributed by atoms with E-state index in [-0.39, 0.29) is 5.56 Å². The second kappa shape index (κ2) is 6.38. The molecule has 0 aliphatic rings. The van der Waals surface area contributed by atoms with Crippen LogP contribution in [0.3, 0.4) is 0 Å². The molecule has 4 rings (SSSR count). The molecule has 2 aromatic heterocycles. The Labute approximate surface area is 159 Å². The Balaban J connectivity index is 1.96. The minimum atomic E-state index is -0.0413. The fraction of sp³-hybridized carbons (Fsp3) is 0.304. The van der Waals surface area contributed by atoms with Crippen molar-refractivity contribution in [2.75, 3.05) is 0 Å². The summed E-state index contributed by atoms with van der Waals surface area (Å²) in [5, 5.41) is 5.82. The molecule has 0 bridgehead atoms. The van der Waals surface area contributed by atoms with E-state index in [0.29, 0.717) is 12.1 Å². The van der Waals surface area contributed by atoms with Crippen molar-refractivity contribution >= 4 is 16.4 Å². The van der Waals surface area contributed by atoms with Gasteiger partial charge >= 0.3 is 0 Å². The number of rotatable bonds is 3. The molecule has 0 radical (unpaired) electrons. The molecule has 0 fully saturated rings. The molecule has 0 aliphatic heterocycles. The van der Waals surface area contributed by atoms with Crippen molar-refractivity contribution in [3.63, 3.8) is 0 Å². The van der Waals surface area contributed by atoms with Crippen molar-refractivity contribution < 1.29 is 0 Å². The predicted octanol–water partition coefficient (Wildman–Crippen LogP) is 4.49. The fourth-order valence-corrected chi connectivity index (χ4v) is 4.08. The van der Waals surface area contributed by atoms with E-state index >= 15 is 0 Å². The van der Waals surface area contributed by atoms with E-state index in [2.05, 4.69) is 65.0 Å². The SMILES string of the molecule is CCc1nn(Cc2c(C)cc(C)cc2C)c(=O)c2cc3cc(C)ccc3n12. The normalized spacial score (nSPS) is 11.6. The lowest BCUT2D eigenvalue weighted by Crippen LogP contribution is -2.28. The van der Waals surface area contributed by atoms with E-state index in [1.807, 2.05) is 10.5 Å². The Morgan fingerprint density at radius 1 is 0.889 bits per heavy atom. The summed E-state index contributed by atoms with van der Waals surface area (Å²) in [6, 6.07) is 12.6. The number of aryl methyl sites for hydroxylation is 5. The number of hydrogen-bond donors (Lipinski definition) is 0. The van der Waals surface area contributed by atoms with Crippen LogP contribution in [-0.2, 0) is 13.0 Å². The molecule has 0 N–H and O–H groups in total. The summed E-state index contributed by atoms with van der Waals surface area (Å²) in [4.78, 5) is 13.2. The van der Waals surface area contributed by atoms with Crippen molar-refractivity contribution in [3.8, 4) is 0 Å². The monoisotopic (exact) mass is 359 g/mol. The van der Waals surface area contributed by atoms with Gasteiger partial charge in [-0.3, -0.25) is 9.20 Å². The van der Waals surface area contributed by atoms with Gasteiger partial charge in [0.25, 0.3) is 5.56 Å². The largest absolute Gasteiger partial charge is 0.291 e. The lowest BCUT2D eigenvalue weighted by molar-refractivity contribution is 0.601. The minimum Gasteiger partial charge on any atom is -0.291 e. The van der Waals surface area contributed by atoms with Gasteiger partial charge in [0.15, 0.2) is 0 Å². The van der Waals surface area contributed by atoms with Gasteiger partial charge in [0, 0.05) is 11.8 Å². The number of hydrogen-bond acceptors (Lipinski definition) is 2. The van der Waals surface area contributed by atoms with Crippen molar-refractivity contribution in [1.82, 2.24) is 14.2 Å². The summed E-state index contributed by atoms with van der Waals surface area (Å²) in [5.74, 6) is 0.908. The molecule has 0 atom stereocenters. The van der Waals surface area contributed by atoms with E-state index in [1.54, 1.807) is 4.68 Å². The fourth-order valence-electron chi connectivity index (χ4n) is 4.08. The van der Waals surface area contributed by atoms with Crippen LogP contribution < -0.4 is 5.56 Å². The number of fused-ring (bicyclic) bond motifs is 3. The molecule has 0 aliphatic carbocycles. The van der Waals surface area contributed by atoms with Crippen molar-refractivity contribution in [2.45, 2.75) is 47.6 Å². The van der Waals surface area contributed by atoms with Crippen LogP contribution in [0.25, 0.3) is 16.4 Å². The van der Waals surface area contributed by atoms with Gasteiger partial charge in [-0.25, -0.2) is 4.68 Å². The van der Waals surface area contributed by atoms with Gasteiger partial charge in [-0.2, -0.15) is 5.10 Å². The molecule has 2 heterocycles. The zero-order chi connectivity index (χ0) is 19.3. The Morgan fingerprint density at radius 2 is 1.59 bits per heavy atom. The minimum absolute atomic E-state index is 0.0413. The maximum Gasteiger partial charge on any atom is 0.291 e. The van der Waals surface area contributed by atoms with Crippen molar-refractivity contribution in [2.24, 2.45) is 0 Å². The van der Waals surface area contributed by atoms with Crippen molar-refractivity contribution in [1.29, 1.82) is 0 Å². The molecule has 4 heteroatoms. The molecular formula is C23H25N3O. The van der Waals surface area contributed by atoms with E-state index < -0.39 is 0 Å². The van der Waals surface area contributed by atoms with Crippen LogP contribution in [0.5, 0.6) is 0 Å². The maximum absolute atomic E-state index is 13.2. The Kier molecular flexibility index (Phi) is 4.14. The number of nitrogens with zero attached hydrogens (tertiary/aromatic N) is 3. The summed E-state index contributed by atoms with van der Waals surface area (Å²) in [7, 11) is 0. The number of benzene rings is 2. The van der Waals surface area contributed by atoms with Gasteiger partial charge < -0.3 is 0 Å². The summed E-state index contributed by atoms with van der Waals surface area (Å²) in [6.45, 7) is 11.0. The summed E-state index contributed by atoms with van der Waals surface area (Å²) in [5.41, 5.74) is 7.72. The van der Waals surface area contributed by atoms with E-state index in [4.69, 9.17) is 5.10 Å². The number of aromatic nitrogens is 3. The van der Waals surface area contributed by atoms with Gasteiger partial charge in [-0.15, -0.1) is 0 Å². The third-order valence-electron chi connectivity index (χ3n) is 5.37. The molecule has 4 aromatic rings. The highest BCUT2D eigenvalue weighted by Gasteiger charge is 2.15. The third-order valence-corrected chi connectivity index (χ3v) is 5.37. The quantitative estimate of drug-likeness (QED) is 0.540. The summed E-state index contributed by atoms with van der Waals surface area (Å²) < 4.78 is 3.65. The van der Waals surface area contributed by atoms with Gasteiger partial charge in [0.1, 0.15) is 11.3 Å². The van der Waals surface area contributed by atoms with Gasteiger partial charge in [-0.05, 0) is 62.6 Å². The Hall–Kier alpha value is -2.88. The molecule has 0 unspecified atom stereocenters. The molecule has 0 amide bonds. The van der Waals surface area contributed by atoms with Gasteiger partial charge in [-0.1, -0.05) is 36.2 Å². The second-order valence-corrected chi connectivity index (χ2v) is 7.54. The van der Waals surface area contributed by atoms with E-state index in [9.17, 15) is 4.79 Å². The predicted molar refractivity (Wildman–Crippen MR) is 111 cm³/mol. The molecular weight excluding hydrogens is 334 g/mol.